The first-order valence-electron chi connectivity index (χ1n) is 6.81. The number of anilines is 1. The molecule has 0 aliphatic heterocycles. The van der Waals surface area contributed by atoms with E-state index in [0.717, 1.165) is 30.1 Å². The summed E-state index contributed by atoms with van der Waals surface area (Å²) in [5, 5.41) is 8.42. The summed E-state index contributed by atoms with van der Waals surface area (Å²) in [5.74, 6) is 0.718. The van der Waals surface area contributed by atoms with Gasteiger partial charge in [-0.1, -0.05) is 18.5 Å². The highest BCUT2D eigenvalue weighted by Crippen LogP contribution is 2.28. The Morgan fingerprint density at radius 2 is 2.15 bits per heavy atom. The molecule has 1 N–H and O–H groups in total. The summed E-state index contributed by atoms with van der Waals surface area (Å²) in [5.41, 5.74) is 3.31. The van der Waals surface area contributed by atoms with Crippen molar-refractivity contribution < 1.29 is 4.74 Å². The van der Waals surface area contributed by atoms with Crippen LogP contribution in [0.3, 0.4) is 0 Å². The molecule has 5 heteroatoms. The van der Waals surface area contributed by atoms with E-state index >= 15 is 0 Å². The van der Waals surface area contributed by atoms with Gasteiger partial charge in [-0.25, -0.2) is 0 Å². The fraction of sp³-hybridized carbons (Fsp3) is 0.400. The van der Waals surface area contributed by atoms with E-state index in [9.17, 15) is 0 Å². The van der Waals surface area contributed by atoms with Crippen LogP contribution in [0, 0.1) is 0 Å². The van der Waals surface area contributed by atoms with Gasteiger partial charge in [0.1, 0.15) is 5.75 Å². The monoisotopic (exact) mass is 293 g/mol. The van der Waals surface area contributed by atoms with Crippen molar-refractivity contribution in [2.45, 2.75) is 26.8 Å². The van der Waals surface area contributed by atoms with Gasteiger partial charge in [0.15, 0.2) is 0 Å². The third-order valence-corrected chi connectivity index (χ3v) is 3.34. The predicted octanol–water partition coefficient (Wildman–Crippen LogP) is 3.65. The number of hydrogen-bond donors (Lipinski definition) is 1. The molecule has 0 atom stereocenters. The number of rotatable bonds is 6. The van der Waals surface area contributed by atoms with Crippen molar-refractivity contribution in [3.63, 3.8) is 0 Å². The minimum Gasteiger partial charge on any atom is -0.492 e. The Hall–Kier alpha value is -1.68. The van der Waals surface area contributed by atoms with Crippen molar-refractivity contribution in [2.75, 3.05) is 11.9 Å². The van der Waals surface area contributed by atoms with Crippen LogP contribution in [0.2, 0.25) is 5.02 Å². The average Bonchev–Trinajstić information content (AvgIpc) is 2.79. The lowest BCUT2D eigenvalue weighted by molar-refractivity contribution is 0.340. The molecular formula is C15H20ClN3O. The van der Waals surface area contributed by atoms with Crippen LogP contribution in [-0.4, -0.2) is 16.4 Å². The van der Waals surface area contributed by atoms with Gasteiger partial charge in [-0.05, 0) is 31.5 Å². The van der Waals surface area contributed by atoms with Crippen LogP contribution in [0.15, 0.2) is 24.4 Å². The number of halogens is 1. The minimum atomic E-state index is 0.613. The average molecular weight is 294 g/mol. The largest absolute Gasteiger partial charge is 0.492 e. The maximum absolute atomic E-state index is 6.17. The van der Waals surface area contributed by atoms with Gasteiger partial charge in [0.2, 0.25) is 0 Å². The van der Waals surface area contributed by atoms with Crippen LogP contribution in [0.25, 0.3) is 0 Å². The van der Waals surface area contributed by atoms with Crippen LogP contribution in [0.1, 0.15) is 25.1 Å². The Bertz CT molecular complexity index is 580. The zero-order valence-corrected chi connectivity index (χ0v) is 12.9. The van der Waals surface area contributed by atoms with Gasteiger partial charge >= 0.3 is 0 Å². The van der Waals surface area contributed by atoms with E-state index in [4.69, 9.17) is 16.3 Å². The molecular weight excluding hydrogens is 274 g/mol. The standard InChI is InChI=1S/C15H20ClN3O/c1-4-14-11(10-19(3)18-14)9-17-12-6-7-15(20-5-2)13(16)8-12/h6-8,10,17H,4-5,9H2,1-3H3. The third kappa shape index (κ3) is 3.45. The first kappa shape index (κ1) is 14.7. The van der Waals surface area contributed by atoms with Crippen LogP contribution in [0.5, 0.6) is 5.75 Å². The molecule has 2 aromatic rings. The Morgan fingerprint density at radius 3 is 2.80 bits per heavy atom. The van der Waals surface area contributed by atoms with Gasteiger partial charge in [-0.2, -0.15) is 5.10 Å². The molecule has 0 aliphatic carbocycles. The van der Waals surface area contributed by atoms with E-state index in [-0.39, 0.29) is 0 Å². The van der Waals surface area contributed by atoms with E-state index in [1.165, 1.54) is 5.56 Å². The fourth-order valence-electron chi connectivity index (χ4n) is 2.11. The zero-order valence-electron chi connectivity index (χ0n) is 12.1. The second kappa shape index (κ2) is 6.66. The van der Waals surface area contributed by atoms with E-state index in [0.29, 0.717) is 11.6 Å². The van der Waals surface area contributed by atoms with E-state index in [1.807, 2.05) is 43.0 Å². The van der Waals surface area contributed by atoms with Crippen LogP contribution < -0.4 is 10.1 Å². The summed E-state index contributed by atoms with van der Waals surface area (Å²) in [6.07, 6.45) is 2.98. The number of nitrogens with zero attached hydrogens (tertiary/aromatic N) is 2. The fourth-order valence-corrected chi connectivity index (χ4v) is 2.34. The maximum Gasteiger partial charge on any atom is 0.138 e. The molecule has 1 aromatic carbocycles. The van der Waals surface area contributed by atoms with E-state index in [1.54, 1.807) is 0 Å². The number of aromatic nitrogens is 2. The van der Waals surface area contributed by atoms with Crippen molar-refractivity contribution in [1.82, 2.24) is 9.78 Å². The van der Waals surface area contributed by atoms with Crippen molar-refractivity contribution in [1.29, 1.82) is 0 Å². The normalized spacial score (nSPS) is 10.6. The molecule has 108 valence electrons. The third-order valence-electron chi connectivity index (χ3n) is 3.04. The summed E-state index contributed by atoms with van der Waals surface area (Å²) >= 11 is 6.17. The van der Waals surface area contributed by atoms with Crippen molar-refractivity contribution in [2.24, 2.45) is 7.05 Å². The number of benzene rings is 1. The van der Waals surface area contributed by atoms with Gasteiger partial charge < -0.3 is 10.1 Å². The van der Waals surface area contributed by atoms with Crippen LogP contribution in [-0.2, 0) is 20.0 Å². The molecule has 0 amide bonds. The SMILES string of the molecule is CCOc1ccc(NCc2cn(C)nc2CC)cc1Cl. The van der Waals surface area contributed by atoms with Crippen LogP contribution in [0.4, 0.5) is 5.69 Å². The molecule has 0 radical (unpaired) electrons. The molecule has 0 aliphatic rings. The molecule has 0 unspecified atom stereocenters. The van der Waals surface area contributed by atoms with Gasteiger partial charge in [0, 0.05) is 31.0 Å². The topological polar surface area (TPSA) is 39.1 Å². The Morgan fingerprint density at radius 1 is 1.35 bits per heavy atom. The second-order valence-electron chi connectivity index (χ2n) is 4.56. The molecule has 0 spiro atoms. The van der Waals surface area contributed by atoms with Gasteiger partial charge in [-0.15, -0.1) is 0 Å². The van der Waals surface area contributed by atoms with Gasteiger partial charge in [0.05, 0.1) is 17.3 Å². The predicted molar refractivity (Wildman–Crippen MR) is 82.5 cm³/mol. The van der Waals surface area contributed by atoms with Crippen molar-refractivity contribution in [3.05, 3.63) is 40.7 Å². The highest BCUT2D eigenvalue weighted by atomic mass is 35.5. The number of aryl methyl sites for hydroxylation is 2. The molecule has 0 fully saturated rings. The summed E-state index contributed by atoms with van der Waals surface area (Å²) in [4.78, 5) is 0. The first-order chi connectivity index (χ1) is 9.63. The number of hydrogen-bond acceptors (Lipinski definition) is 3. The van der Waals surface area contributed by atoms with Crippen LogP contribution >= 0.6 is 11.6 Å². The van der Waals surface area contributed by atoms with Gasteiger partial charge in [-0.3, -0.25) is 4.68 Å². The molecule has 4 nitrogen and oxygen atoms in total. The van der Waals surface area contributed by atoms with Crippen molar-refractivity contribution in [3.8, 4) is 5.75 Å². The minimum absolute atomic E-state index is 0.613. The molecule has 2 rings (SSSR count). The molecule has 1 heterocycles. The molecule has 1 aromatic heterocycles. The lowest BCUT2D eigenvalue weighted by Crippen LogP contribution is -2.01. The quantitative estimate of drug-likeness (QED) is 0.883. The Balaban J connectivity index is 2.05. The maximum atomic E-state index is 6.17. The Kier molecular flexibility index (Phi) is 4.90. The summed E-state index contributed by atoms with van der Waals surface area (Å²) in [6, 6.07) is 5.74. The Labute approximate surface area is 124 Å². The summed E-state index contributed by atoms with van der Waals surface area (Å²) < 4.78 is 7.27. The zero-order chi connectivity index (χ0) is 14.5. The lowest BCUT2D eigenvalue weighted by atomic mass is 10.2. The highest BCUT2D eigenvalue weighted by Gasteiger charge is 2.07. The van der Waals surface area contributed by atoms with Gasteiger partial charge in [0.25, 0.3) is 0 Å². The first-order valence-corrected chi connectivity index (χ1v) is 7.19. The number of nitrogens with one attached hydrogen (secondary N) is 1. The van der Waals surface area contributed by atoms with E-state index in [2.05, 4.69) is 17.3 Å². The highest BCUT2D eigenvalue weighted by molar-refractivity contribution is 6.32. The summed E-state index contributed by atoms with van der Waals surface area (Å²) in [6.45, 7) is 5.40. The lowest BCUT2D eigenvalue weighted by Gasteiger charge is -2.09. The second-order valence-corrected chi connectivity index (χ2v) is 4.97. The molecule has 20 heavy (non-hydrogen) atoms. The van der Waals surface area contributed by atoms with Crippen molar-refractivity contribution >= 4 is 17.3 Å². The molecule has 0 bridgehead atoms. The number of ether oxygens (including phenoxy) is 1. The summed E-state index contributed by atoms with van der Waals surface area (Å²) in [7, 11) is 1.94. The molecule has 0 saturated carbocycles. The smallest absolute Gasteiger partial charge is 0.138 e. The van der Waals surface area contributed by atoms with E-state index < -0.39 is 0 Å². The molecule has 0 saturated heterocycles.